The van der Waals surface area contributed by atoms with Gasteiger partial charge in [0.2, 0.25) is 0 Å². The van der Waals surface area contributed by atoms with Gasteiger partial charge in [-0.05, 0) is 103 Å². The second-order valence-electron chi connectivity index (χ2n) is 15.3. The molecule has 0 aromatic heterocycles. The van der Waals surface area contributed by atoms with E-state index in [9.17, 15) is 10.2 Å². The van der Waals surface area contributed by atoms with Gasteiger partial charge in [-0.25, -0.2) is 0 Å². The molecule has 2 heteroatoms. The molecule has 5 aliphatic rings. The predicted molar refractivity (Wildman–Crippen MR) is 132 cm³/mol. The Morgan fingerprint density at radius 2 is 1.41 bits per heavy atom. The van der Waals surface area contributed by atoms with Crippen molar-refractivity contribution in [2.24, 2.45) is 50.2 Å². The van der Waals surface area contributed by atoms with Gasteiger partial charge in [0.25, 0.3) is 0 Å². The summed E-state index contributed by atoms with van der Waals surface area (Å²) in [6.07, 6.45) is 12.6. The van der Waals surface area contributed by atoms with E-state index in [4.69, 9.17) is 0 Å². The maximum absolute atomic E-state index is 11.7. The van der Waals surface area contributed by atoms with E-state index in [2.05, 4.69) is 61.5 Å². The fourth-order valence-corrected chi connectivity index (χ4v) is 10.6. The number of hydrogen-bond donors (Lipinski definition) is 2. The molecule has 0 amide bonds. The first kappa shape index (κ1) is 23.4. The van der Waals surface area contributed by atoms with E-state index in [0.29, 0.717) is 23.2 Å². The highest BCUT2D eigenvalue weighted by atomic mass is 16.3. The molecular formula is C30H50O2. The van der Waals surface area contributed by atoms with Crippen molar-refractivity contribution in [3.8, 4) is 0 Å². The second-order valence-corrected chi connectivity index (χ2v) is 15.3. The fourth-order valence-electron chi connectivity index (χ4n) is 10.6. The Morgan fingerprint density at radius 1 is 0.719 bits per heavy atom. The van der Waals surface area contributed by atoms with Gasteiger partial charge in [0.15, 0.2) is 0 Å². The summed E-state index contributed by atoms with van der Waals surface area (Å²) in [7, 11) is 0. The van der Waals surface area contributed by atoms with Gasteiger partial charge in [-0.1, -0.05) is 67.0 Å². The zero-order chi connectivity index (χ0) is 23.5. The molecule has 0 aromatic carbocycles. The number of rotatable bonds is 0. The smallest absolute Gasteiger partial charge is 0.0608 e. The molecule has 32 heavy (non-hydrogen) atoms. The topological polar surface area (TPSA) is 40.5 Å². The van der Waals surface area contributed by atoms with Gasteiger partial charge < -0.3 is 10.2 Å². The normalized spacial score (nSPS) is 56.2. The first-order valence-corrected chi connectivity index (χ1v) is 13.7. The van der Waals surface area contributed by atoms with E-state index >= 15 is 0 Å². The van der Waals surface area contributed by atoms with Crippen LogP contribution in [0.15, 0.2) is 11.6 Å². The third-order valence-electron chi connectivity index (χ3n) is 13.1. The van der Waals surface area contributed by atoms with Crippen LogP contribution in [-0.2, 0) is 0 Å². The number of aliphatic hydroxyl groups excluding tert-OH is 2. The SMILES string of the molecule is CC1(C)CC[C@]2(C)[C@H](O)C[C@]3(C)C(=CC[C@@H]4[C@@]5(C)CC[C@H](O)C(C)(C)[C@@H]5CC[C@]43C)[C@@H]2C1. The van der Waals surface area contributed by atoms with Gasteiger partial charge >= 0.3 is 0 Å². The minimum Gasteiger partial charge on any atom is -0.393 e. The van der Waals surface area contributed by atoms with Crippen molar-refractivity contribution in [3.05, 3.63) is 11.6 Å². The van der Waals surface area contributed by atoms with E-state index < -0.39 is 0 Å². The van der Waals surface area contributed by atoms with Crippen LogP contribution in [0.5, 0.6) is 0 Å². The molecule has 4 saturated carbocycles. The first-order chi connectivity index (χ1) is 14.6. The lowest BCUT2D eigenvalue weighted by Gasteiger charge is -2.72. The zero-order valence-electron chi connectivity index (χ0n) is 22.2. The molecule has 182 valence electrons. The fraction of sp³-hybridized carbons (Fsp3) is 0.933. The largest absolute Gasteiger partial charge is 0.393 e. The quantitative estimate of drug-likeness (QED) is 0.391. The van der Waals surface area contributed by atoms with E-state index in [1.165, 1.54) is 32.1 Å². The van der Waals surface area contributed by atoms with Crippen molar-refractivity contribution in [3.63, 3.8) is 0 Å². The molecule has 4 fully saturated rings. The van der Waals surface area contributed by atoms with E-state index in [0.717, 1.165) is 25.7 Å². The molecule has 0 aromatic rings. The van der Waals surface area contributed by atoms with Crippen LogP contribution in [-0.4, -0.2) is 22.4 Å². The Kier molecular flexibility index (Phi) is 4.87. The molecule has 5 rings (SSSR count). The highest BCUT2D eigenvalue weighted by Gasteiger charge is 2.69. The molecule has 5 aliphatic carbocycles. The van der Waals surface area contributed by atoms with Gasteiger partial charge in [-0.15, -0.1) is 0 Å². The lowest BCUT2D eigenvalue weighted by Crippen LogP contribution is -2.66. The molecule has 0 heterocycles. The lowest BCUT2D eigenvalue weighted by molar-refractivity contribution is -0.213. The van der Waals surface area contributed by atoms with E-state index in [-0.39, 0.29) is 39.3 Å². The Bertz CT molecular complexity index is 825. The third kappa shape index (κ3) is 2.72. The average molecular weight is 443 g/mol. The van der Waals surface area contributed by atoms with Gasteiger partial charge in [0, 0.05) is 5.41 Å². The minimum absolute atomic E-state index is 0.00271. The van der Waals surface area contributed by atoms with Crippen LogP contribution in [0.1, 0.15) is 113 Å². The minimum atomic E-state index is -0.198. The Balaban J connectivity index is 1.60. The standard InChI is InChI=1S/C30H50O2/c1-25(2)15-16-27(5)20(17-25)19-9-10-22-28(6)13-12-23(31)26(3,4)21(28)11-14-29(22,7)30(19,8)18-24(27)32/h9,20-24,31-32H,10-18H2,1-8H3/t20-,21-,22+,23-,24+,27-,28-,29+,30+/m0/s1. The molecule has 0 unspecified atom stereocenters. The van der Waals surface area contributed by atoms with Crippen molar-refractivity contribution < 1.29 is 10.2 Å². The predicted octanol–water partition coefficient (Wildman–Crippen LogP) is 7.14. The summed E-state index contributed by atoms with van der Waals surface area (Å²) in [6.45, 7) is 19.7. The van der Waals surface area contributed by atoms with Crippen LogP contribution in [0, 0.1) is 50.2 Å². The average Bonchev–Trinajstić information content (AvgIpc) is 2.68. The van der Waals surface area contributed by atoms with E-state index in [1.807, 2.05) is 0 Å². The summed E-state index contributed by atoms with van der Waals surface area (Å²) in [5.41, 5.74) is 2.71. The van der Waals surface area contributed by atoms with Crippen LogP contribution in [0.25, 0.3) is 0 Å². The summed E-state index contributed by atoms with van der Waals surface area (Å²) >= 11 is 0. The summed E-state index contributed by atoms with van der Waals surface area (Å²) in [5, 5.41) is 22.6. The Labute approximate surface area is 197 Å². The van der Waals surface area contributed by atoms with Crippen LogP contribution >= 0.6 is 0 Å². The van der Waals surface area contributed by atoms with Crippen molar-refractivity contribution >= 4 is 0 Å². The van der Waals surface area contributed by atoms with E-state index in [1.54, 1.807) is 5.57 Å². The molecule has 0 radical (unpaired) electrons. The van der Waals surface area contributed by atoms with Gasteiger partial charge in [-0.3, -0.25) is 0 Å². The molecule has 0 saturated heterocycles. The van der Waals surface area contributed by atoms with Crippen molar-refractivity contribution in [2.75, 3.05) is 0 Å². The van der Waals surface area contributed by atoms with Crippen LogP contribution < -0.4 is 0 Å². The van der Waals surface area contributed by atoms with Crippen molar-refractivity contribution in [1.82, 2.24) is 0 Å². The summed E-state index contributed by atoms with van der Waals surface area (Å²) in [6, 6.07) is 0. The molecule has 0 aliphatic heterocycles. The molecular weight excluding hydrogens is 392 g/mol. The molecule has 0 bridgehead atoms. The highest BCUT2D eigenvalue weighted by molar-refractivity contribution is 5.34. The third-order valence-corrected chi connectivity index (χ3v) is 13.1. The van der Waals surface area contributed by atoms with Crippen molar-refractivity contribution in [2.45, 2.75) is 125 Å². The number of aliphatic hydroxyl groups is 2. The zero-order valence-corrected chi connectivity index (χ0v) is 22.2. The van der Waals surface area contributed by atoms with Crippen LogP contribution in [0.2, 0.25) is 0 Å². The lowest BCUT2D eigenvalue weighted by atomic mass is 9.33. The number of hydrogen-bond acceptors (Lipinski definition) is 2. The second kappa shape index (κ2) is 6.66. The molecule has 0 spiro atoms. The Hall–Kier alpha value is -0.340. The monoisotopic (exact) mass is 442 g/mol. The van der Waals surface area contributed by atoms with Gasteiger partial charge in [0.1, 0.15) is 0 Å². The van der Waals surface area contributed by atoms with Crippen LogP contribution in [0.3, 0.4) is 0 Å². The van der Waals surface area contributed by atoms with Crippen molar-refractivity contribution in [1.29, 1.82) is 0 Å². The maximum Gasteiger partial charge on any atom is 0.0608 e. The van der Waals surface area contributed by atoms with Gasteiger partial charge in [-0.2, -0.15) is 0 Å². The van der Waals surface area contributed by atoms with Crippen LogP contribution in [0.4, 0.5) is 0 Å². The first-order valence-electron chi connectivity index (χ1n) is 13.7. The molecule has 2 N–H and O–H groups in total. The molecule has 2 nitrogen and oxygen atoms in total. The Morgan fingerprint density at radius 3 is 2.09 bits per heavy atom. The van der Waals surface area contributed by atoms with Gasteiger partial charge in [0.05, 0.1) is 12.2 Å². The summed E-state index contributed by atoms with van der Waals surface area (Å²) < 4.78 is 0. The highest BCUT2D eigenvalue weighted by Crippen LogP contribution is 2.75. The summed E-state index contributed by atoms with van der Waals surface area (Å²) in [4.78, 5) is 0. The summed E-state index contributed by atoms with van der Waals surface area (Å²) in [5.74, 6) is 1.75. The number of fused-ring (bicyclic) bond motifs is 7. The maximum atomic E-state index is 11.7. The number of allylic oxidation sites excluding steroid dienone is 2. The molecule has 9 atom stereocenters.